The largest absolute Gasteiger partial charge is 0.304 e. The van der Waals surface area contributed by atoms with Crippen molar-refractivity contribution in [3.05, 3.63) is 0 Å². The molecule has 0 atom stereocenters. The molecule has 2 aliphatic rings. The van der Waals surface area contributed by atoms with Crippen LogP contribution in [0.15, 0.2) is 0 Å². The van der Waals surface area contributed by atoms with Gasteiger partial charge in [0.1, 0.15) is 0 Å². The highest BCUT2D eigenvalue weighted by Crippen LogP contribution is 2.53. The Kier molecular flexibility index (Phi) is 20.1. The van der Waals surface area contributed by atoms with Crippen molar-refractivity contribution in [3.8, 4) is 0 Å². The monoisotopic (exact) mass is 480 g/mol. The van der Waals surface area contributed by atoms with E-state index in [1.54, 1.807) is 0 Å². The molecule has 1 spiro atoms. The number of hydrogen-bond acceptors (Lipinski definition) is 2. The lowest BCUT2D eigenvalue weighted by Crippen LogP contribution is -2.37. The highest BCUT2D eigenvalue weighted by molar-refractivity contribution is 5.86. The predicted molar refractivity (Wildman–Crippen MR) is 136 cm³/mol. The van der Waals surface area contributed by atoms with Crippen molar-refractivity contribution in [1.82, 2.24) is 9.80 Å². The van der Waals surface area contributed by atoms with Crippen molar-refractivity contribution in [2.45, 2.75) is 91.9 Å². The summed E-state index contributed by atoms with van der Waals surface area (Å²) in [5.74, 6) is 0. The second-order valence-corrected chi connectivity index (χ2v) is 8.91. The Labute approximate surface area is 201 Å². The molecule has 2 rings (SSSR count). The Morgan fingerprint density at radius 1 is 0.750 bits per heavy atom. The molecule has 6 heteroatoms. The third-order valence-electron chi connectivity index (χ3n) is 7.29. The summed E-state index contributed by atoms with van der Waals surface area (Å²) in [4.78, 5) is 5.35. The van der Waals surface area contributed by atoms with Crippen molar-refractivity contribution in [1.29, 1.82) is 0 Å². The van der Waals surface area contributed by atoms with E-state index in [9.17, 15) is 0 Å². The van der Waals surface area contributed by atoms with Gasteiger partial charge >= 0.3 is 0 Å². The maximum absolute atomic E-state index is 2.79. The average molecular weight is 482 g/mol. The van der Waals surface area contributed by atoms with E-state index in [0.717, 1.165) is 0 Å². The van der Waals surface area contributed by atoms with Crippen LogP contribution in [0.5, 0.6) is 0 Å². The number of rotatable bonds is 10. The fraction of sp³-hybridized carbons (Fsp3) is 1.00. The Hall–Kier alpha value is 1.08. The van der Waals surface area contributed by atoms with Gasteiger partial charge in [0, 0.05) is 6.54 Å². The van der Waals surface area contributed by atoms with Crippen LogP contribution >= 0.6 is 49.6 Å². The minimum absolute atomic E-state index is 0. The van der Waals surface area contributed by atoms with Crippen molar-refractivity contribution in [2.75, 3.05) is 39.3 Å². The van der Waals surface area contributed by atoms with Gasteiger partial charge in [0.2, 0.25) is 0 Å². The smallest absolute Gasteiger partial charge is 0.00385 e. The number of hydrogen-bond donors (Lipinski definition) is 0. The molecule has 0 amide bonds. The second-order valence-electron chi connectivity index (χ2n) is 8.91. The molecule has 1 aliphatic heterocycles. The molecule has 0 bridgehead atoms. The quantitative estimate of drug-likeness (QED) is 0.323. The molecule has 0 aromatic rings. The molecule has 0 N–H and O–H groups in total. The molecule has 1 saturated heterocycles. The van der Waals surface area contributed by atoms with Crippen LogP contribution in [0.3, 0.4) is 0 Å². The van der Waals surface area contributed by atoms with Gasteiger partial charge in [0.25, 0.3) is 0 Å². The van der Waals surface area contributed by atoms with E-state index in [4.69, 9.17) is 0 Å². The van der Waals surface area contributed by atoms with Crippen molar-refractivity contribution < 1.29 is 0 Å². The van der Waals surface area contributed by atoms with Gasteiger partial charge in [-0.05, 0) is 94.9 Å². The number of likely N-dealkylation sites (tertiary alicyclic amines) is 1. The predicted octanol–water partition coefficient (Wildman–Crippen LogP) is 7.26. The molecular formula is C22H48Cl4N2. The highest BCUT2D eigenvalue weighted by atomic mass is 35.5. The standard InChI is InChI=1S/C22H44N2.4ClH/c1-5-10-21(11-6-2)12-14-22(15-13-21)16-19-24(20-22)18-9-17-23(7-3)8-4;;;;/h5-20H2,1-4H3;4*1H. The van der Waals surface area contributed by atoms with Crippen LogP contribution in [-0.2, 0) is 0 Å². The van der Waals surface area contributed by atoms with Crippen LogP contribution in [0.4, 0.5) is 0 Å². The summed E-state index contributed by atoms with van der Waals surface area (Å²) in [6.07, 6.45) is 14.6. The molecule has 174 valence electrons. The van der Waals surface area contributed by atoms with Crippen LogP contribution in [0.1, 0.15) is 91.9 Å². The van der Waals surface area contributed by atoms with Gasteiger partial charge in [-0.2, -0.15) is 0 Å². The first-order chi connectivity index (χ1) is 11.6. The van der Waals surface area contributed by atoms with Crippen LogP contribution in [-0.4, -0.2) is 49.1 Å². The maximum Gasteiger partial charge on any atom is 0.00385 e. The first-order valence-corrected chi connectivity index (χ1v) is 11.1. The fourth-order valence-corrected chi connectivity index (χ4v) is 5.68. The van der Waals surface area contributed by atoms with Crippen LogP contribution in [0.25, 0.3) is 0 Å². The van der Waals surface area contributed by atoms with Gasteiger partial charge in [0.05, 0.1) is 0 Å². The van der Waals surface area contributed by atoms with E-state index in [1.165, 1.54) is 103 Å². The van der Waals surface area contributed by atoms with Crippen LogP contribution < -0.4 is 0 Å². The van der Waals surface area contributed by atoms with E-state index in [0.29, 0.717) is 10.8 Å². The zero-order valence-corrected chi connectivity index (χ0v) is 22.1. The summed E-state index contributed by atoms with van der Waals surface area (Å²) < 4.78 is 0. The number of halogens is 4. The average Bonchev–Trinajstić information content (AvgIpc) is 2.99. The van der Waals surface area contributed by atoms with Gasteiger partial charge in [0.15, 0.2) is 0 Å². The summed E-state index contributed by atoms with van der Waals surface area (Å²) >= 11 is 0. The van der Waals surface area contributed by atoms with Gasteiger partial charge in [-0.25, -0.2) is 0 Å². The number of nitrogens with zero attached hydrogens (tertiary/aromatic N) is 2. The van der Waals surface area contributed by atoms with E-state index >= 15 is 0 Å². The molecule has 0 unspecified atom stereocenters. The fourth-order valence-electron chi connectivity index (χ4n) is 5.68. The van der Waals surface area contributed by atoms with Crippen molar-refractivity contribution in [3.63, 3.8) is 0 Å². The summed E-state index contributed by atoms with van der Waals surface area (Å²) in [6, 6.07) is 0. The molecule has 2 fully saturated rings. The lowest BCUT2D eigenvalue weighted by Gasteiger charge is -2.45. The summed E-state index contributed by atoms with van der Waals surface area (Å²) in [7, 11) is 0. The van der Waals surface area contributed by atoms with Crippen molar-refractivity contribution in [2.24, 2.45) is 10.8 Å². The molecular weight excluding hydrogens is 434 g/mol. The lowest BCUT2D eigenvalue weighted by atomic mass is 9.60. The minimum atomic E-state index is 0. The first-order valence-electron chi connectivity index (χ1n) is 11.1. The minimum Gasteiger partial charge on any atom is -0.304 e. The summed E-state index contributed by atoms with van der Waals surface area (Å²) in [5.41, 5.74) is 1.41. The van der Waals surface area contributed by atoms with E-state index in [2.05, 4.69) is 37.5 Å². The van der Waals surface area contributed by atoms with Crippen molar-refractivity contribution >= 4 is 49.6 Å². The van der Waals surface area contributed by atoms with Crippen LogP contribution in [0, 0.1) is 10.8 Å². The lowest BCUT2D eigenvalue weighted by molar-refractivity contribution is 0.0644. The van der Waals surface area contributed by atoms with E-state index in [-0.39, 0.29) is 49.6 Å². The first kappa shape index (κ1) is 33.7. The zero-order valence-electron chi connectivity index (χ0n) is 18.8. The summed E-state index contributed by atoms with van der Waals surface area (Å²) in [6.45, 7) is 17.1. The van der Waals surface area contributed by atoms with Gasteiger partial charge < -0.3 is 9.80 Å². The molecule has 1 saturated carbocycles. The molecule has 1 aliphatic carbocycles. The molecule has 0 aromatic carbocycles. The molecule has 0 aromatic heterocycles. The van der Waals surface area contributed by atoms with E-state index < -0.39 is 0 Å². The molecule has 1 heterocycles. The van der Waals surface area contributed by atoms with E-state index in [1.807, 2.05) is 0 Å². The summed E-state index contributed by atoms with van der Waals surface area (Å²) in [5, 5.41) is 0. The highest BCUT2D eigenvalue weighted by Gasteiger charge is 2.44. The molecule has 2 nitrogen and oxygen atoms in total. The normalized spacial score (nSPS) is 20.0. The van der Waals surface area contributed by atoms with Crippen LogP contribution in [0.2, 0.25) is 0 Å². The second kappa shape index (κ2) is 16.7. The Balaban J connectivity index is -0.00000156. The van der Waals surface area contributed by atoms with Gasteiger partial charge in [-0.3, -0.25) is 0 Å². The molecule has 28 heavy (non-hydrogen) atoms. The molecule has 0 radical (unpaired) electrons. The zero-order chi connectivity index (χ0) is 17.5. The Morgan fingerprint density at radius 2 is 1.29 bits per heavy atom. The maximum atomic E-state index is 2.79. The Morgan fingerprint density at radius 3 is 1.75 bits per heavy atom. The topological polar surface area (TPSA) is 6.48 Å². The van der Waals surface area contributed by atoms with Gasteiger partial charge in [-0.15, -0.1) is 49.6 Å². The SMILES string of the molecule is CCCC1(CCC)CCC2(CCN(CCCN(CC)CC)C2)CC1.Cl.Cl.Cl.Cl. The van der Waals surface area contributed by atoms with Gasteiger partial charge in [-0.1, -0.05) is 40.5 Å². The third kappa shape index (κ3) is 9.48. The third-order valence-corrected chi connectivity index (χ3v) is 7.29. The Bertz CT molecular complexity index is 348.